The Morgan fingerprint density at radius 1 is 0.941 bits per heavy atom. The second-order valence-electron chi connectivity index (χ2n) is 4.18. The zero-order valence-corrected chi connectivity index (χ0v) is 9.77. The molecule has 0 aliphatic carbocycles. The van der Waals surface area contributed by atoms with E-state index < -0.39 is 0 Å². The van der Waals surface area contributed by atoms with Gasteiger partial charge in [-0.2, -0.15) is 0 Å². The van der Waals surface area contributed by atoms with Crippen molar-refractivity contribution in [1.82, 2.24) is 10.1 Å². The summed E-state index contributed by atoms with van der Waals surface area (Å²) in [5, 5.41) is 4.88. The Morgan fingerprint density at radius 2 is 1.71 bits per heavy atom. The fraction of sp³-hybridized carbons (Fsp3) is 0.143. The van der Waals surface area contributed by atoms with Crippen molar-refractivity contribution in [3.8, 4) is 11.3 Å². The highest BCUT2D eigenvalue weighted by atomic mass is 16.5. The van der Waals surface area contributed by atoms with Crippen LogP contribution in [0.25, 0.3) is 22.4 Å². The molecule has 17 heavy (non-hydrogen) atoms. The number of hydrogen-bond acceptors (Lipinski definition) is 3. The Hall–Kier alpha value is -2.16. The van der Waals surface area contributed by atoms with Crippen molar-refractivity contribution in [2.45, 2.75) is 13.8 Å². The molecule has 2 heterocycles. The summed E-state index contributed by atoms with van der Waals surface area (Å²) < 4.78 is 5.17. The second kappa shape index (κ2) is 3.70. The van der Waals surface area contributed by atoms with E-state index in [4.69, 9.17) is 4.52 Å². The number of pyridine rings is 1. The average Bonchev–Trinajstić information content (AvgIpc) is 2.72. The third-order valence-electron chi connectivity index (χ3n) is 2.87. The topological polar surface area (TPSA) is 38.9 Å². The van der Waals surface area contributed by atoms with Gasteiger partial charge in [-0.15, -0.1) is 0 Å². The average molecular weight is 224 g/mol. The van der Waals surface area contributed by atoms with E-state index in [0.29, 0.717) is 5.71 Å². The summed E-state index contributed by atoms with van der Waals surface area (Å²) in [5.74, 6) is 0. The van der Waals surface area contributed by atoms with E-state index >= 15 is 0 Å². The molecule has 0 spiro atoms. The van der Waals surface area contributed by atoms with Gasteiger partial charge in [-0.05, 0) is 26.0 Å². The quantitative estimate of drug-likeness (QED) is 0.635. The molecule has 0 radical (unpaired) electrons. The van der Waals surface area contributed by atoms with Crippen molar-refractivity contribution in [2.24, 2.45) is 0 Å². The fourth-order valence-corrected chi connectivity index (χ4v) is 1.83. The van der Waals surface area contributed by atoms with E-state index in [2.05, 4.69) is 41.3 Å². The highest BCUT2D eigenvalue weighted by Gasteiger charge is 2.07. The number of benzene rings is 1. The van der Waals surface area contributed by atoms with Crippen LogP contribution in [0, 0.1) is 13.8 Å². The van der Waals surface area contributed by atoms with Crippen molar-refractivity contribution in [1.29, 1.82) is 0 Å². The molecule has 0 bridgehead atoms. The summed E-state index contributed by atoms with van der Waals surface area (Å²) in [6, 6.07) is 12.3. The van der Waals surface area contributed by atoms with Crippen LogP contribution in [0.1, 0.15) is 11.3 Å². The minimum atomic E-state index is 0.598. The summed E-state index contributed by atoms with van der Waals surface area (Å²) in [4.78, 5) is 4.47. The molecule has 3 rings (SSSR count). The van der Waals surface area contributed by atoms with Crippen LogP contribution < -0.4 is 0 Å². The van der Waals surface area contributed by atoms with E-state index in [-0.39, 0.29) is 0 Å². The fourth-order valence-electron chi connectivity index (χ4n) is 1.83. The molecule has 0 amide bonds. The van der Waals surface area contributed by atoms with Gasteiger partial charge < -0.3 is 4.52 Å². The van der Waals surface area contributed by atoms with Crippen molar-refractivity contribution in [2.75, 3.05) is 0 Å². The maximum atomic E-state index is 5.17. The standard InChI is InChI=1S/C14H12N2O/c1-9-3-5-11(6-4-9)13-8-7-12-10(2)16-17-14(12)15-13/h3-8H,1-2H3. The van der Waals surface area contributed by atoms with Gasteiger partial charge in [0.05, 0.1) is 16.8 Å². The lowest BCUT2D eigenvalue weighted by molar-refractivity contribution is 0.443. The molecular weight excluding hydrogens is 212 g/mol. The van der Waals surface area contributed by atoms with Crippen LogP contribution in [0.15, 0.2) is 40.9 Å². The zero-order chi connectivity index (χ0) is 11.8. The lowest BCUT2D eigenvalue weighted by Gasteiger charge is -2.00. The smallest absolute Gasteiger partial charge is 0.258 e. The van der Waals surface area contributed by atoms with Gasteiger partial charge in [-0.25, -0.2) is 4.98 Å². The predicted molar refractivity (Wildman–Crippen MR) is 66.7 cm³/mol. The lowest BCUT2D eigenvalue weighted by atomic mass is 10.1. The maximum Gasteiger partial charge on any atom is 0.258 e. The van der Waals surface area contributed by atoms with Gasteiger partial charge in [0.15, 0.2) is 0 Å². The molecule has 0 saturated carbocycles. The Kier molecular flexibility index (Phi) is 2.18. The minimum absolute atomic E-state index is 0.598. The third kappa shape index (κ3) is 1.69. The Morgan fingerprint density at radius 3 is 2.47 bits per heavy atom. The molecule has 3 nitrogen and oxygen atoms in total. The number of aryl methyl sites for hydroxylation is 2. The highest BCUT2D eigenvalue weighted by molar-refractivity contribution is 5.78. The monoisotopic (exact) mass is 224 g/mol. The van der Waals surface area contributed by atoms with E-state index in [0.717, 1.165) is 22.3 Å². The summed E-state index contributed by atoms with van der Waals surface area (Å²) >= 11 is 0. The van der Waals surface area contributed by atoms with E-state index in [1.54, 1.807) is 0 Å². The molecule has 0 N–H and O–H groups in total. The van der Waals surface area contributed by atoms with Crippen molar-refractivity contribution < 1.29 is 4.52 Å². The Balaban J connectivity index is 2.14. The first-order valence-corrected chi connectivity index (χ1v) is 5.54. The first-order chi connectivity index (χ1) is 8.24. The van der Waals surface area contributed by atoms with Crippen molar-refractivity contribution >= 4 is 11.1 Å². The zero-order valence-electron chi connectivity index (χ0n) is 9.77. The molecule has 3 heteroatoms. The molecule has 0 aliphatic rings. The SMILES string of the molecule is Cc1ccc(-c2ccc3c(C)noc3n2)cc1. The number of fused-ring (bicyclic) bond motifs is 1. The lowest BCUT2D eigenvalue weighted by Crippen LogP contribution is -1.83. The normalized spacial score (nSPS) is 10.9. The van der Waals surface area contributed by atoms with E-state index in [1.807, 2.05) is 19.1 Å². The van der Waals surface area contributed by atoms with Gasteiger partial charge >= 0.3 is 0 Å². The number of hydrogen-bond donors (Lipinski definition) is 0. The second-order valence-corrected chi connectivity index (χ2v) is 4.18. The number of rotatable bonds is 1. The molecule has 0 unspecified atom stereocenters. The van der Waals surface area contributed by atoms with Gasteiger partial charge in [-0.3, -0.25) is 0 Å². The van der Waals surface area contributed by atoms with Crippen LogP contribution in [0.3, 0.4) is 0 Å². The molecule has 0 atom stereocenters. The molecule has 2 aromatic heterocycles. The van der Waals surface area contributed by atoms with Gasteiger partial charge in [0.1, 0.15) is 0 Å². The summed E-state index contributed by atoms with van der Waals surface area (Å²) in [5.41, 5.74) is 4.72. The van der Waals surface area contributed by atoms with Crippen LogP contribution in [0.4, 0.5) is 0 Å². The molecule has 84 valence electrons. The molecule has 0 saturated heterocycles. The largest absolute Gasteiger partial charge is 0.336 e. The number of nitrogens with zero attached hydrogens (tertiary/aromatic N) is 2. The summed E-state index contributed by atoms with van der Waals surface area (Å²) in [6.45, 7) is 3.99. The summed E-state index contributed by atoms with van der Waals surface area (Å²) in [7, 11) is 0. The van der Waals surface area contributed by atoms with E-state index in [1.165, 1.54) is 5.56 Å². The molecular formula is C14H12N2O. The molecule has 3 aromatic rings. The van der Waals surface area contributed by atoms with Crippen LogP contribution >= 0.6 is 0 Å². The van der Waals surface area contributed by atoms with Crippen molar-refractivity contribution in [3.63, 3.8) is 0 Å². The first kappa shape index (κ1) is 10.0. The third-order valence-corrected chi connectivity index (χ3v) is 2.87. The van der Waals surface area contributed by atoms with Crippen LogP contribution in [-0.4, -0.2) is 10.1 Å². The molecule has 0 aliphatic heterocycles. The molecule has 0 fully saturated rings. The van der Waals surface area contributed by atoms with Gasteiger partial charge in [0, 0.05) is 5.56 Å². The maximum absolute atomic E-state index is 5.17. The van der Waals surface area contributed by atoms with E-state index in [9.17, 15) is 0 Å². The Labute approximate surface area is 99.1 Å². The highest BCUT2D eigenvalue weighted by Crippen LogP contribution is 2.22. The van der Waals surface area contributed by atoms with Gasteiger partial charge in [0.25, 0.3) is 5.71 Å². The van der Waals surface area contributed by atoms with Crippen LogP contribution in [0.5, 0.6) is 0 Å². The Bertz CT molecular complexity index is 668. The molecule has 1 aromatic carbocycles. The van der Waals surface area contributed by atoms with Crippen LogP contribution in [0.2, 0.25) is 0 Å². The van der Waals surface area contributed by atoms with Crippen LogP contribution in [-0.2, 0) is 0 Å². The first-order valence-electron chi connectivity index (χ1n) is 5.54. The van der Waals surface area contributed by atoms with Gasteiger partial charge in [0.2, 0.25) is 0 Å². The summed E-state index contributed by atoms with van der Waals surface area (Å²) in [6.07, 6.45) is 0. The minimum Gasteiger partial charge on any atom is -0.336 e. The van der Waals surface area contributed by atoms with Crippen molar-refractivity contribution in [3.05, 3.63) is 47.7 Å². The predicted octanol–water partition coefficient (Wildman–Crippen LogP) is 3.51. The number of aromatic nitrogens is 2. The van der Waals surface area contributed by atoms with Gasteiger partial charge in [-0.1, -0.05) is 35.0 Å².